The molecule has 5 heteroatoms. The third-order valence-electron chi connectivity index (χ3n) is 3.82. The van der Waals surface area contributed by atoms with Gasteiger partial charge >= 0.3 is 0 Å². The van der Waals surface area contributed by atoms with Crippen molar-refractivity contribution >= 4 is 28.1 Å². The fraction of sp³-hybridized carbons (Fsp3) is 0.200. The molecule has 1 amide bonds. The van der Waals surface area contributed by atoms with Gasteiger partial charge in [0.25, 0.3) is 0 Å². The van der Waals surface area contributed by atoms with E-state index in [0.717, 1.165) is 22.6 Å². The van der Waals surface area contributed by atoms with Crippen LogP contribution in [-0.4, -0.2) is 10.9 Å². The van der Waals surface area contributed by atoms with Gasteiger partial charge < -0.3 is 0 Å². The summed E-state index contributed by atoms with van der Waals surface area (Å²) in [5.41, 5.74) is 2.52. The fourth-order valence-electron chi connectivity index (χ4n) is 2.62. The Morgan fingerprint density at radius 3 is 2.44 bits per heavy atom. The number of hydrogen-bond acceptors (Lipinski definition) is 3. The lowest BCUT2D eigenvalue weighted by molar-refractivity contribution is -0.117. The summed E-state index contributed by atoms with van der Waals surface area (Å²) in [5, 5.41) is 0.612. The van der Waals surface area contributed by atoms with Crippen LogP contribution in [0.3, 0.4) is 0 Å². The van der Waals surface area contributed by atoms with Crippen molar-refractivity contribution in [1.82, 2.24) is 4.98 Å². The standard InChI is InChI=1S/C20H19FN2OS/c1-3-7-18(24)23(17-12-10-16(21)11-13-17)20-22-19(14(2)25-20)15-8-5-4-6-9-15/h4-6,8-13H,3,7H2,1-2H3. The molecule has 0 bridgehead atoms. The lowest BCUT2D eigenvalue weighted by atomic mass is 10.1. The van der Waals surface area contributed by atoms with Gasteiger partial charge in [-0.3, -0.25) is 9.69 Å². The number of halogens is 1. The predicted molar refractivity (Wildman–Crippen MR) is 101 cm³/mol. The van der Waals surface area contributed by atoms with E-state index in [1.165, 1.54) is 23.5 Å². The van der Waals surface area contributed by atoms with Crippen LogP contribution in [0.15, 0.2) is 54.6 Å². The Morgan fingerprint density at radius 1 is 1.12 bits per heavy atom. The Kier molecular flexibility index (Phi) is 5.24. The number of aromatic nitrogens is 1. The molecule has 0 atom stereocenters. The number of nitrogens with zero attached hydrogens (tertiary/aromatic N) is 2. The largest absolute Gasteiger partial charge is 0.274 e. The summed E-state index contributed by atoms with van der Waals surface area (Å²) in [5.74, 6) is -0.366. The van der Waals surface area contributed by atoms with Crippen LogP contribution in [0.2, 0.25) is 0 Å². The van der Waals surface area contributed by atoms with Crippen molar-refractivity contribution in [1.29, 1.82) is 0 Å². The number of thiazole rings is 1. The monoisotopic (exact) mass is 354 g/mol. The number of anilines is 2. The van der Waals surface area contributed by atoms with E-state index >= 15 is 0 Å². The quantitative estimate of drug-likeness (QED) is 0.587. The second-order valence-electron chi connectivity index (χ2n) is 5.72. The van der Waals surface area contributed by atoms with E-state index in [9.17, 15) is 9.18 Å². The first-order valence-corrected chi connectivity index (χ1v) is 9.03. The SMILES string of the molecule is CCCC(=O)N(c1ccc(F)cc1)c1nc(-c2ccccc2)c(C)s1. The van der Waals surface area contributed by atoms with Gasteiger partial charge in [0.05, 0.1) is 11.4 Å². The van der Waals surface area contributed by atoms with Crippen LogP contribution in [0, 0.1) is 12.7 Å². The highest BCUT2D eigenvalue weighted by atomic mass is 32.1. The van der Waals surface area contributed by atoms with Gasteiger partial charge in [-0.2, -0.15) is 0 Å². The molecule has 0 spiro atoms. The number of aryl methyl sites for hydroxylation is 1. The van der Waals surface area contributed by atoms with Crippen LogP contribution in [0.5, 0.6) is 0 Å². The van der Waals surface area contributed by atoms with Gasteiger partial charge in [-0.25, -0.2) is 9.37 Å². The van der Waals surface area contributed by atoms with Gasteiger partial charge in [0.15, 0.2) is 5.13 Å². The summed E-state index contributed by atoms with van der Waals surface area (Å²) in [6, 6.07) is 15.8. The molecule has 0 saturated carbocycles. The summed E-state index contributed by atoms with van der Waals surface area (Å²) in [7, 11) is 0. The van der Waals surface area contributed by atoms with Gasteiger partial charge in [-0.1, -0.05) is 37.3 Å². The Balaban J connectivity index is 2.05. The van der Waals surface area contributed by atoms with Crippen molar-refractivity contribution in [2.45, 2.75) is 26.7 Å². The zero-order valence-corrected chi connectivity index (χ0v) is 15.0. The molecule has 0 aliphatic carbocycles. The molecule has 3 nitrogen and oxygen atoms in total. The molecule has 0 fully saturated rings. The predicted octanol–water partition coefficient (Wildman–Crippen LogP) is 5.72. The normalized spacial score (nSPS) is 10.7. The third kappa shape index (κ3) is 3.77. The first kappa shape index (κ1) is 17.3. The number of carbonyl (C=O) groups is 1. The number of amides is 1. The van der Waals surface area contributed by atoms with E-state index in [4.69, 9.17) is 4.98 Å². The second-order valence-corrected chi connectivity index (χ2v) is 6.90. The number of hydrogen-bond donors (Lipinski definition) is 0. The van der Waals surface area contributed by atoms with Crippen LogP contribution in [0.1, 0.15) is 24.6 Å². The van der Waals surface area contributed by atoms with Crippen LogP contribution in [0.25, 0.3) is 11.3 Å². The lowest BCUT2D eigenvalue weighted by Gasteiger charge is -2.19. The van der Waals surface area contributed by atoms with E-state index in [1.807, 2.05) is 44.2 Å². The van der Waals surface area contributed by atoms with E-state index < -0.39 is 0 Å². The van der Waals surface area contributed by atoms with E-state index in [2.05, 4.69) is 0 Å². The van der Waals surface area contributed by atoms with Crippen molar-refractivity contribution in [3.05, 3.63) is 65.3 Å². The molecule has 0 N–H and O–H groups in total. The molecule has 25 heavy (non-hydrogen) atoms. The molecular weight excluding hydrogens is 335 g/mol. The molecule has 2 aromatic carbocycles. The molecule has 3 aromatic rings. The minimum atomic E-state index is -0.327. The number of carbonyl (C=O) groups excluding carboxylic acids is 1. The van der Waals surface area contributed by atoms with Gasteiger partial charge in [0.1, 0.15) is 5.82 Å². The zero-order valence-electron chi connectivity index (χ0n) is 14.2. The second kappa shape index (κ2) is 7.57. The van der Waals surface area contributed by atoms with Crippen LogP contribution >= 0.6 is 11.3 Å². The lowest BCUT2D eigenvalue weighted by Crippen LogP contribution is -2.25. The number of rotatable bonds is 5. The first-order valence-electron chi connectivity index (χ1n) is 8.21. The Labute approximate surface area is 150 Å². The molecule has 0 saturated heterocycles. The number of benzene rings is 2. The summed E-state index contributed by atoms with van der Waals surface area (Å²) < 4.78 is 13.3. The zero-order chi connectivity index (χ0) is 17.8. The molecule has 0 aliphatic rings. The van der Waals surface area contributed by atoms with Crippen molar-refractivity contribution in [3.8, 4) is 11.3 Å². The Morgan fingerprint density at radius 2 is 1.80 bits per heavy atom. The summed E-state index contributed by atoms with van der Waals surface area (Å²) >= 11 is 1.47. The van der Waals surface area contributed by atoms with Crippen molar-refractivity contribution in [3.63, 3.8) is 0 Å². The molecule has 1 heterocycles. The summed E-state index contributed by atoms with van der Waals surface area (Å²) in [6.07, 6.45) is 1.16. The maximum Gasteiger partial charge on any atom is 0.233 e. The van der Waals surface area contributed by atoms with Crippen LogP contribution in [-0.2, 0) is 4.79 Å². The summed E-state index contributed by atoms with van der Waals surface area (Å²) in [6.45, 7) is 3.96. The van der Waals surface area contributed by atoms with Crippen molar-refractivity contribution in [2.24, 2.45) is 0 Å². The maximum absolute atomic E-state index is 13.3. The average molecular weight is 354 g/mol. The first-order chi connectivity index (χ1) is 12.1. The van der Waals surface area contributed by atoms with Crippen molar-refractivity contribution < 1.29 is 9.18 Å². The Hall–Kier alpha value is -2.53. The Bertz CT molecular complexity index is 859. The maximum atomic E-state index is 13.3. The highest BCUT2D eigenvalue weighted by Crippen LogP contribution is 2.36. The highest BCUT2D eigenvalue weighted by molar-refractivity contribution is 7.16. The molecule has 0 unspecified atom stereocenters. The van der Waals surface area contributed by atoms with Crippen molar-refractivity contribution in [2.75, 3.05) is 4.90 Å². The fourth-order valence-corrected chi connectivity index (χ4v) is 3.59. The molecule has 0 radical (unpaired) electrons. The van der Waals surface area contributed by atoms with Gasteiger partial charge in [-0.05, 0) is 37.6 Å². The molecular formula is C20H19FN2OS. The van der Waals surface area contributed by atoms with Gasteiger partial charge in [-0.15, -0.1) is 11.3 Å². The molecule has 0 aliphatic heterocycles. The topological polar surface area (TPSA) is 33.2 Å². The molecule has 128 valence electrons. The molecule has 1 aromatic heterocycles. The molecule has 3 rings (SSSR count). The van der Waals surface area contributed by atoms with Gasteiger partial charge in [0.2, 0.25) is 5.91 Å². The highest BCUT2D eigenvalue weighted by Gasteiger charge is 2.22. The van der Waals surface area contributed by atoms with Crippen LogP contribution in [0.4, 0.5) is 15.2 Å². The van der Waals surface area contributed by atoms with E-state index in [-0.39, 0.29) is 11.7 Å². The van der Waals surface area contributed by atoms with E-state index in [0.29, 0.717) is 17.2 Å². The summed E-state index contributed by atoms with van der Waals surface area (Å²) in [4.78, 5) is 20.0. The van der Waals surface area contributed by atoms with E-state index in [1.54, 1.807) is 17.0 Å². The van der Waals surface area contributed by atoms with Crippen LogP contribution < -0.4 is 4.90 Å². The average Bonchev–Trinajstić information content (AvgIpc) is 2.99. The van der Waals surface area contributed by atoms with Gasteiger partial charge in [0, 0.05) is 16.9 Å². The smallest absolute Gasteiger partial charge is 0.233 e. The minimum absolute atomic E-state index is 0.0394. The minimum Gasteiger partial charge on any atom is -0.274 e. The third-order valence-corrected chi connectivity index (χ3v) is 4.78.